The Bertz CT molecular complexity index is 468. The quantitative estimate of drug-likeness (QED) is 0.843. The molecule has 3 N–H and O–H groups in total. The van der Waals surface area contributed by atoms with E-state index in [4.69, 9.17) is 10.8 Å². The number of carboxylic acids is 1. The number of nitrogen functional groups attached to an aromatic ring is 1. The van der Waals surface area contributed by atoms with Crippen LogP contribution in [0.25, 0.3) is 0 Å². The standard InChI is InChI=1S/C13H20N4O2/c1-9(2)16-3-5-17(6-4-16)12-11(14)7-10(8-15-12)13(18)19/h7-9H,3-6,14H2,1-2H3,(H,18,19). The summed E-state index contributed by atoms with van der Waals surface area (Å²) in [6, 6.07) is 2.02. The monoisotopic (exact) mass is 264 g/mol. The number of hydrogen-bond acceptors (Lipinski definition) is 5. The zero-order chi connectivity index (χ0) is 14.0. The van der Waals surface area contributed by atoms with Gasteiger partial charge in [-0.05, 0) is 19.9 Å². The molecular formula is C13H20N4O2. The van der Waals surface area contributed by atoms with E-state index >= 15 is 0 Å². The normalized spacial score (nSPS) is 16.9. The van der Waals surface area contributed by atoms with Crippen LogP contribution in [0.2, 0.25) is 0 Å². The minimum Gasteiger partial charge on any atom is -0.478 e. The molecule has 1 aliphatic heterocycles. The molecule has 19 heavy (non-hydrogen) atoms. The summed E-state index contributed by atoms with van der Waals surface area (Å²) in [6.07, 6.45) is 1.36. The van der Waals surface area contributed by atoms with Crippen molar-refractivity contribution >= 4 is 17.5 Å². The van der Waals surface area contributed by atoms with Gasteiger partial charge in [-0.3, -0.25) is 4.90 Å². The van der Waals surface area contributed by atoms with E-state index < -0.39 is 5.97 Å². The molecule has 6 nitrogen and oxygen atoms in total. The van der Waals surface area contributed by atoms with Gasteiger partial charge in [-0.1, -0.05) is 0 Å². The SMILES string of the molecule is CC(C)N1CCN(c2ncc(C(=O)O)cc2N)CC1. The molecule has 1 aromatic rings. The third kappa shape index (κ3) is 2.96. The van der Waals surface area contributed by atoms with Crippen LogP contribution in [0.15, 0.2) is 12.3 Å². The fourth-order valence-corrected chi connectivity index (χ4v) is 2.31. The second-order valence-corrected chi connectivity index (χ2v) is 5.06. The molecule has 1 saturated heterocycles. The Hall–Kier alpha value is -1.82. The molecule has 0 amide bonds. The number of aromatic nitrogens is 1. The Kier molecular flexibility index (Phi) is 3.90. The Morgan fingerprint density at radius 1 is 1.37 bits per heavy atom. The first-order valence-corrected chi connectivity index (χ1v) is 6.47. The van der Waals surface area contributed by atoms with E-state index in [0.717, 1.165) is 26.2 Å². The first-order valence-electron chi connectivity index (χ1n) is 6.47. The first kappa shape index (κ1) is 13.6. The van der Waals surface area contributed by atoms with Crippen molar-refractivity contribution in [2.24, 2.45) is 0 Å². The number of rotatable bonds is 3. The van der Waals surface area contributed by atoms with E-state index in [-0.39, 0.29) is 5.56 Å². The largest absolute Gasteiger partial charge is 0.478 e. The summed E-state index contributed by atoms with van der Waals surface area (Å²) < 4.78 is 0. The molecule has 1 aliphatic rings. The van der Waals surface area contributed by atoms with Gasteiger partial charge in [0.1, 0.15) is 0 Å². The van der Waals surface area contributed by atoms with Crippen LogP contribution in [-0.2, 0) is 0 Å². The maximum atomic E-state index is 10.8. The lowest BCUT2D eigenvalue weighted by Gasteiger charge is -2.37. The molecular weight excluding hydrogens is 244 g/mol. The Labute approximate surface area is 112 Å². The summed E-state index contributed by atoms with van der Waals surface area (Å²) in [6.45, 7) is 8.04. The van der Waals surface area contributed by atoms with Gasteiger partial charge in [-0.25, -0.2) is 9.78 Å². The second kappa shape index (κ2) is 5.44. The van der Waals surface area contributed by atoms with Gasteiger partial charge in [0.15, 0.2) is 5.82 Å². The topological polar surface area (TPSA) is 82.7 Å². The number of piperazine rings is 1. The minimum atomic E-state index is -1.00. The summed E-state index contributed by atoms with van der Waals surface area (Å²) in [7, 11) is 0. The molecule has 0 spiro atoms. The lowest BCUT2D eigenvalue weighted by molar-refractivity contribution is 0.0696. The van der Waals surface area contributed by atoms with Gasteiger partial charge in [0.25, 0.3) is 0 Å². The number of hydrogen-bond donors (Lipinski definition) is 2. The fraction of sp³-hybridized carbons (Fsp3) is 0.538. The van der Waals surface area contributed by atoms with E-state index in [2.05, 4.69) is 28.6 Å². The molecule has 0 bridgehead atoms. The van der Waals surface area contributed by atoms with E-state index in [1.165, 1.54) is 12.3 Å². The molecule has 1 aromatic heterocycles. The zero-order valence-electron chi connectivity index (χ0n) is 11.3. The van der Waals surface area contributed by atoms with Gasteiger partial charge in [-0.15, -0.1) is 0 Å². The van der Waals surface area contributed by atoms with Crippen molar-refractivity contribution in [1.82, 2.24) is 9.88 Å². The number of anilines is 2. The summed E-state index contributed by atoms with van der Waals surface area (Å²) >= 11 is 0. The van der Waals surface area contributed by atoms with Gasteiger partial charge >= 0.3 is 5.97 Å². The van der Waals surface area contributed by atoms with Crippen molar-refractivity contribution in [2.75, 3.05) is 36.8 Å². The smallest absolute Gasteiger partial charge is 0.337 e. The predicted octanol–water partition coefficient (Wildman–Crippen LogP) is 0.892. The average Bonchev–Trinajstić information content (AvgIpc) is 2.38. The van der Waals surface area contributed by atoms with Crippen LogP contribution < -0.4 is 10.6 Å². The molecule has 0 aliphatic carbocycles. The summed E-state index contributed by atoms with van der Waals surface area (Å²) in [5.41, 5.74) is 6.46. The second-order valence-electron chi connectivity index (χ2n) is 5.06. The van der Waals surface area contributed by atoms with Gasteiger partial charge < -0.3 is 15.7 Å². The molecule has 2 rings (SSSR count). The molecule has 6 heteroatoms. The third-order valence-corrected chi connectivity index (χ3v) is 3.49. The molecule has 2 heterocycles. The number of carboxylic acid groups (broad SMARTS) is 1. The summed E-state index contributed by atoms with van der Waals surface area (Å²) in [5.74, 6) is -0.316. The zero-order valence-corrected chi connectivity index (χ0v) is 11.3. The Balaban J connectivity index is 2.09. The van der Waals surface area contributed by atoms with E-state index in [1.807, 2.05) is 0 Å². The van der Waals surface area contributed by atoms with Crippen LogP contribution >= 0.6 is 0 Å². The van der Waals surface area contributed by atoms with Gasteiger partial charge in [-0.2, -0.15) is 0 Å². The third-order valence-electron chi connectivity index (χ3n) is 3.49. The van der Waals surface area contributed by atoms with Gasteiger partial charge in [0.05, 0.1) is 11.3 Å². The van der Waals surface area contributed by atoms with Crippen molar-refractivity contribution in [1.29, 1.82) is 0 Å². The fourth-order valence-electron chi connectivity index (χ4n) is 2.31. The van der Waals surface area contributed by atoms with Crippen LogP contribution in [0.5, 0.6) is 0 Å². The lowest BCUT2D eigenvalue weighted by Crippen LogP contribution is -2.49. The van der Waals surface area contributed by atoms with Gasteiger partial charge in [0.2, 0.25) is 0 Å². The highest BCUT2D eigenvalue weighted by atomic mass is 16.4. The number of nitrogens with zero attached hydrogens (tertiary/aromatic N) is 3. The predicted molar refractivity (Wildman–Crippen MR) is 74.5 cm³/mol. The maximum Gasteiger partial charge on any atom is 0.337 e. The van der Waals surface area contributed by atoms with Crippen molar-refractivity contribution in [3.05, 3.63) is 17.8 Å². The number of nitrogens with two attached hydrogens (primary N) is 1. The maximum absolute atomic E-state index is 10.8. The van der Waals surface area contributed by atoms with E-state index in [1.54, 1.807) is 0 Å². The molecule has 104 valence electrons. The number of carbonyl (C=O) groups is 1. The number of aromatic carboxylic acids is 1. The highest BCUT2D eigenvalue weighted by Crippen LogP contribution is 2.22. The Morgan fingerprint density at radius 3 is 2.47 bits per heavy atom. The molecule has 0 radical (unpaired) electrons. The van der Waals surface area contributed by atoms with E-state index in [0.29, 0.717) is 17.5 Å². The number of pyridine rings is 1. The van der Waals surface area contributed by atoms with Crippen molar-refractivity contribution in [3.8, 4) is 0 Å². The molecule has 0 saturated carbocycles. The highest BCUT2D eigenvalue weighted by Gasteiger charge is 2.21. The van der Waals surface area contributed by atoms with Crippen LogP contribution in [-0.4, -0.2) is 53.2 Å². The minimum absolute atomic E-state index is 0.127. The Morgan fingerprint density at radius 2 is 2.00 bits per heavy atom. The lowest BCUT2D eigenvalue weighted by atomic mass is 10.2. The highest BCUT2D eigenvalue weighted by molar-refractivity contribution is 5.89. The van der Waals surface area contributed by atoms with Crippen molar-refractivity contribution < 1.29 is 9.90 Å². The average molecular weight is 264 g/mol. The van der Waals surface area contributed by atoms with Gasteiger partial charge in [0, 0.05) is 38.4 Å². The molecule has 0 atom stereocenters. The van der Waals surface area contributed by atoms with Crippen LogP contribution in [0, 0.1) is 0 Å². The molecule has 0 aromatic carbocycles. The van der Waals surface area contributed by atoms with E-state index in [9.17, 15) is 4.79 Å². The van der Waals surface area contributed by atoms with Crippen LogP contribution in [0.4, 0.5) is 11.5 Å². The van der Waals surface area contributed by atoms with Crippen LogP contribution in [0.3, 0.4) is 0 Å². The summed E-state index contributed by atoms with van der Waals surface area (Å²) in [5, 5.41) is 8.89. The summed E-state index contributed by atoms with van der Waals surface area (Å²) in [4.78, 5) is 19.5. The van der Waals surface area contributed by atoms with Crippen molar-refractivity contribution in [2.45, 2.75) is 19.9 Å². The molecule has 1 fully saturated rings. The molecule has 0 unspecified atom stereocenters. The van der Waals surface area contributed by atoms with Crippen LogP contribution in [0.1, 0.15) is 24.2 Å². The van der Waals surface area contributed by atoms with Crippen molar-refractivity contribution in [3.63, 3.8) is 0 Å². The first-order chi connectivity index (χ1) is 8.99.